The van der Waals surface area contributed by atoms with Crippen LogP contribution in [0.2, 0.25) is 0 Å². The summed E-state index contributed by atoms with van der Waals surface area (Å²) >= 11 is 0. The molecule has 1 aromatic carbocycles. The molecule has 1 amide bonds. The monoisotopic (exact) mass is 277 g/mol. The molecule has 2 heterocycles. The van der Waals surface area contributed by atoms with Gasteiger partial charge in [-0.05, 0) is 18.6 Å². The second kappa shape index (κ2) is 5.03. The Morgan fingerprint density at radius 2 is 2.10 bits per heavy atom. The normalized spacial score (nSPS) is 18.5. The molecule has 4 nitrogen and oxygen atoms in total. The third-order valence-corrected chi connectivity index (χ3v) is 3.63. The molecule has 1 aromatic heterocycles. The topological polar surface area (TPSA) is 49.0 Å². The van der Waals surface area contributed by atoms with Crippen molar-refractivity contribution in [2.24, 2.45) is 0 Å². The molecule has 0 bridgehead atoms. The van der Waals surface area contributed by atoms with Crippen LogP contribution in [-0.4, -0.2) is 34.1 Å². The summed E-state index contributed by atoms with van der Waals surface area (Å²) in [6.45, 7) is 0.810. The first-order chi connectivity index (χ1) is 9.66. The van der Waals surface area contributed by atoms with E-state index in [0.29, 0.717) is 25.1 Å². The van der Waals surface area contributed by atoms with Crippen molar-refractivity contribution in [3.63, 3.8) is 0 Å². The number of rotatable bonds is 2. The van der Waals surface area contributed by atoms with E-state index in [1.165, 1.54) is 30.6 Å². The van der Waals surface area contributed by atoms with Crippen LogP contribution in [0.25, 0.3) is 0 Å². The molecule has 0 aliphatic carbocycles. The summed E-state index contributed by atoms with van der Waals surface area (Å²) in [4.78, 5) is 13.7. The van der Waals surface area contributed by atoms with Gasteiger partial charge in [0, 0.05) is 30.8 Å². The minimum absolute atomic E-state index is 0.0787. The molecule has 1 atom stereocenters. The van der Waals surface area contributed by atoms with Crippen LogP contribution < -0.4 is 0 Å². The summed E-state index contributed by atoms with van der Waals surface area (Å²) in [6, 6.07) is 3.84. The number of H-pyrrole nitrogens is 1. The van der Waals surface area contributed by atoms with E-state index >= 15 is 0 Å². The van der Waals surface area contributed by atoms with Gasteiger partial charge < -0.3 is 4.90 Å². The molecular weight excluding hydrogens is 264 g/mol. The summed E-state index contributed by atoms with van der Waals surface area (Å²) in [5, 5.41) is 6.31. The van der Waals surface area contributed by atoms with Crippen molar-refractivity contribution in [2.75, 3.05) is 13.1 Å². The van der Waals surface area contributed by atoms with Crippen LogP contribution in [0.5, 0.6) is 0 Å². The zero-order valence-electron chi connectivity index (χ0n) is 10.6. The van der Waals surface area contributed by atoms with Crippen LogP contribution >= 0.6 is 0 Å². The maximum Gasteiger partial charge on any atom is 0.257 e. The molecule has 1 aliphatic heterocycles. The molecule has 1 aliphatic rings. The highest BCUT2D eigenvalue weighted by Crippen LogP contribution is 2.31. The zero-order valence-corrected chi connectivity index (χ0v) is 10.6. The summed E-state index contributed by atoms with van der Waals surface area (Å²) < 4.78 is 27.5. The third-order valence-electron chi connectivity index (χ3n) is 3.63. The van der Waals surface area contributed by atoms with E-state index in [2.05, 4.69) is 10.2 Å². The predicted molar refractivity (Wildman–Crippen MR) is 68.2 cm³/mol. The molecule has 20 heavy (non-hydrogen) atoms. The molecule has 0 unspecified atom stereocenters. The fraction of sp³-hybridized carbons (Fsp3) is 0.286. The lowest BCUT2D eigenvalue weighted by Crippen LogP contribution is -2.28. The Bertz CT molecular complexity index is 607. The number of amides is 1. The Morgan fingerprint density at radius 1 is 1.35 bits per heavy atom. The number of halogens is 2. The van der Waals surface area contributed by atoms with Crippen molar-refractivity contribution in [1.82, 2.24) is 15.1 Å². The summed E-state index contributed by atoms with van der Waals surface area (Å²) in [5.74, 6) is -1.56. The van der Waals surface area contributed by atoms with Crippen molar-refractivity contribution in [2.45, 2.75) is 12.3 Å². The number of aromatic amines is 1. The van der Waals surface area contributed by atoms with E-state index in [0.717, 1.165) is 0 Å². The average molecular weight is 277 g/mol. The van der Waals surface area contributed by atoms with E-state index in [1.54, 1.807) is 4.90 Å². The zero-order chi connectivity index (χ0) is 14.1. The van der Waals surface area contributed by atoms with Crippen molar-refractivity contribution >= 4 is 5.91 Å². The van der Waals surface area contributed by atoms with Gasteiger partial charge in [-0.15, -0.1) is 0 Å². The second-order valence-corrected chi connectivity index (χ2v) is 4.86. The molecule has 104 valence electrons. The van der Waals surface area contributed by atoms with Gasteiger partial charge in [0.25, 0.3) is 5.91 Å². The molecule has 3 rings (SSSR count). The third kappa shape index (κ3) is 2.17. The summed E-state index contributed by atoms with van der Waals surface area (Å²) in [5.41, 5.74) is 0.537. The second-order valence-electron chi connectivity index (χ2n) is 4.86. The van der Waals surface area contributed by atoms with Gasteiger partial charge in [0.2, 0.25) is 0 Å². The molecular formula is C14H13F2N3O. The van der Waals surface area contributed by atoms with Gasteiger partial charge in [0.05, 0.1) is 11.8 Å². The largest absolute Gasteiger partial charge is 0.338 e. The van der Waals surface area contributed by atoms with Crippen LogP contribution in [0.3, 0.4) is 0 Å². The summed E-state index contributed by atoms with van der Waals surface area (Å²) in [7, 11) is 0. The lowest BCUT2D eigenvalue weighted by Gasteiger charge is -2.16. The molecule has 1 fully saturated rings. The Morgan fingerprint density at radius 3 is 2.75 bits per heavy atom. The minimum Gasteiger partial charge on any atom is -0.338 e. The van der Waals surface area contributed by atoms with E-state index in [1.807, 2.05) is 0 Å². The molecule has 1 N–H and O–H groups in total. The number of hydrogen-bond donors (Lipinski definition) is 1. The molecule has 2 aromatic rings. The predicted octanol–water partition coefficient (Wildman–Crippen LogP) is 2.32. The first-order valence-corrected chi connectivity index (χ1v) is 6.39. The van der Waals surface area contributed by atoms with Crippen LogP contribution in [0.4, 0.5) is 8.78 Å². The number of aromatic nitrogens is 2. The van der Waals surface area contributed by atoms with Crippen LogP contribution in [0.15, 0.2) is 30.6 Å². The number of carbonyl (C=O) groups is 1. The van der Waals surface area contributed by atoms with Crippen LogP contribution in [0.1, 0.15) is 28.3 Å². The smallest absolute Gasteiger partial charge is 0.257 e. The average Bonchev–Trinajstić information content (AvgIpc) is 3.09. The van der Waals surface area contributed by atoms with E-state index in [4.69, 9.17) is 0 Å². The Hall–Kier alpha value is -2.24. The van der Waals surface area contributed by atoms with E-state index in [9.17, 15) is 13.6 Å². The Kier molecular flexibility index (Phi) is 3.22. The van der Waals surface area contributed by atoms with Crippen molar-refractivity contribution < 1.29 is 13.6 Å². The van der Waals surface area contributed by atoms with E-state index < -0.39 is 11.6 Å². The number of nitrogens with zero attached hydrogens (tertiary/aromatic N) is 2. The lowest BCUT2D eigenvalue weighted by atomic mass is 9.97. The van der Waals surface area contributed by atoms with Gasteiger partial charge in [-0.1, -0.05) is 6.07 Å². The fourth-order valence-corrected chi connectivity index (χ4v) is 2.63. The van der Waals surface area contributed by atoms with Crippen molar-refractivity contribution in [3.05, 3.63) is 53.4 Å². The van der Waals surface area contributed by atoms with Gasteiger partial charge in [-0.25, -0.2) is 8.78 Å². The lowest BCUT2D eigenvalue weighted by molar-refractivity contribution is 0.0790. The van der Waals surface area contributed by atoms with Gasteiger partial charge >= 0.3 is 0 Å². The highest BCUT2D eigenvalue weighted by atomic mass is 19.1. The van der Waals surface area contributed by atoms with E-state index in [-0.39, 0.29) is 17.4 Å². The fourth-order valence-electron chi connectivity index (χ4n) is 2.63. The number of hydrogen-bond acceptors (Lipinski definition) is 2. The molecule has 0 radical (unpaired) electrons. The molecule has 1 saturated heterocycles. The molecule has 6 heteroatoms. The number of carbonyl (C=O) groups excluding carboxylic acids is 1. The maximum atomic E-state index is 13.7. The number of nitrogens with one attached hydrogen (secondary N) is 1. The first-order valence-electron chi connectivity index (χ1n) is 6.39. The van der Waals surface area contributed by atoms with Gasteiger partial charge in [0.1, 0.15) is 11.6 Å². The molecule has 0 spiro atoms. The van der Waals surface area contributed by atoms with Gasteiger partial charge in [0.15, 0.2) is 0 Å². The quantitative estimate of drug-likeness (QED) is 0.915. The first kappa shape index (κ1) is 12.8. The highest BCUT2D eigenvalue weighted by molar-refractivity contribution is 5.93. The highest BCUT2D eigenvalue weighted by Gasteiger charge is 2.31. The Labute approximate surface area is 114 Å². The van der Waals surface area contributed by atoms with Crippen LogP contribution in [-0.2, 0) is 0 Å². The summed E-state index contributed by atoms with van der Waals surface area (Å²) in [6.07, 6.45) is 3.51. The number of benzene rings is 1. The van der Waals surface area contributed by atoms with Gasteiger partial charge in [-0.2, -0.15) is 5.10 Å². The van der Waals surface area contributed by atoms with Crippen LogP contribution in [0, 0.1) is 11.6 Å². The number of likely N-dealkylation sites (tertiary alicyclic amines) is 1. The standard InChI is InChI=1S/C14H13F2N3O/c15-11-2-1-3-12(16)13(11)9-4-5-19(8-9)14(20)10-6-17-18-7-10/h1-3,6-7,9H,4-5,8H2,(H,17,18)/t9-/m1/s1. The van der Waals surface area contributed by atoms with Crippen molar-refractivity contribution in [1.29, 1.82) is 0 Å². The minimum atomic E-state index is -0.549. The molecule has 0 saturated carbocycles. The van der Waals surface area contributed by atoms with Crippen molar-refractivity contribution in [3.8, 4) is 0 Å². The van der Waals surface area contributed by atoms with Gasteiger partial charge in [-0.3, -0.25) is 9.89 Å². The maximum absolute atomic E-state index is 13.7. The SMILES string of the molecule is O=C(c1cn[nH]c1)N1CC[C@@H](c2c(F)cccc2F)C1. The Balaban J connectivity index is 1.79.